The van der Waals surface area contributed by atoms with Crippen LogP contribution in [0, 0.1) is 5.92 Å². The number of H-pyrrole nitrogens is 1. The summed E-state index contributed by atoms with van der Waals surface area (Å²) >= 11 is 0. The van der Waals surface area contributed by atoms with E-state index in [0.29, 0.717) is 17.8 Å². The van der Waals surface area contributed by atoms with Crippen molar-refractivity contribution in [1.29, 1.82) is 0 Å². The molecule has 0 saturated heterocycles. The fourth-order valence-corrected chi connectivity index (χ4v) is 4.99. The summed E-state index contributed by atoms with van der Waals surface area (Å²) in [7, 11) is 1.47. The van der Waals surface area contributed by atoms with Crippen LogP contribution in [0.1, 0.15) is 41.5 Å². The van der Waals surface area contributed by atoms with E-state index in [-0.39, 0.29) is 30.4 Å². The minimum absolute atomic E-state index is 0.00404. The van der Waals surface area contributed by atoms with Gasteiger partial charge in [-0.2, -0.15) is 5.10 Å². The van der Waals surface area contributed by atoms with Crippen molar-refractivity contribution in [1.82, 2.24) is 19.7 Å². The number of aromatic nitrogens is 3. The van der Waals surface area contributed by atoms with Gasteiger partial charge in [-0.1, -0.05) is 38.1 Å². The number of amides is 2. The molecule has 1 atom stereocenters. The molecule has 2 aromatic carbocycles. The number of nitrogens with one attached hydrogen (secondary N) is 2. The van der Waals surface area contributed by atoms with Crippen LogP contribution < -0.4 is 5.32 Å². The Hall–Kier alpha value is -3.91. The van der Waals surface area contributed by atoms with Crippen LogP contribution in [0.2, 0.25) is 0 Å². The molecule has 0 fully saturated rings. The summed E-state index contributed by atoms with van der Waals surface area (Å²) in [5.41, 5.74) is 5.48. The van der Waals surface area contributed by atoms with Crippen molar-refractivity contribution in [2.75, 3.05) is 25.6 Å². The zero-order valence-electron chi connectivity index (χ0n) is 20.1. The second-order valence-corrected chi connectivity index (χ2v) is 9.21. The molecule has 35 heavy (non-hydrogen) atoms. The molecule has 0 saturated carbocycles. The standard InChI is InChI=1S/C27H29N5O3/c1-17(2)26-25-22(21-9-4-5-10-23(21)30-25)11-12-31(26)27(34)18-7-6-8-20(13-18)32-15-19(14-28-32)29-24(33)16-35-3/h4-10,13-15,17,26,30H,11-12,16H2,1-3H3,(H,29,33). The van der Waals surface area contributed by atoms with Gasteiger partial charge >= 0.3 is 0 Å². The Kier molecular flexibility index (Phi) is 6.13. The molecule has 180 valence electrons. The zero-order valence-corrected chi connectivity index (χ0v) is 20.1. The van der Waals surface area contributed by atoms with Crippen LogP contribution in [0.15, 0.2) is 60.9 Å². The minimum Gasteiger partial charge on any atom is -0.375 e. The molecule has 3 heterocycles. The van der Waals surface area contributed by atoms with Gasteiger partial charge in [-0.05, 0) is 42.2 Å². The summed E-state index contributed by atoms with van der Waals surface area (Å²) < 4.78 is 6.49. The highest BCUT2D eigenvalue weighted by atomic mass is 16.5. The summed E-state index contributed by atoms with van der Waals surface area (Å²) in [5.74, 6) is -0.00795. The predicted octanol–water partition coefficient (Wildman–Crippen LogP) is 4.33. The molecule has 0 spiro atoms. The van der Waals surface area contributed by atoms with E-state index in [1.807, 2.05) is 35.2 Å². The van der Waals surface area contributed by atoms with Gasteiger partial charge in [0.25, 0.3) is 5.91 Å². The Morgan fingerprint density at radius 3 is 2.83 bits per heavy atom. The molecule has 0 aliphatic carbocycles. The van der Waals surface area contributed by atoms with Crippen molar-refractivity contribution in [2.45, 2.75) is 26.3 Å². The van der Waals surface area contributed by atoms with E-state index in [1.54, 1.807) is 17.1 Å². The molecule has 5 rings (SSSR count). The minimum atomic E-state index is -0.253. The highest BCUT2D eigenvalue weighted by Gasteiger charge is 2.35. The molecule has 1 aliphatic heterocycles. The van der Waals surface area contributed by atoms with Crippen LogP contribution in [0.3, 0.4) is 0 Å². The lowest BCUT2D eigenvalue weighted by molar-refractivity contribution is -0.119. The molecule has 8 heteroatoms. The Balaban J connectivity index is 1.42. The van der Waals surface area contributed by atoms with Crippen LogP contribution >= 0.6 is 0 Å². The number of anilines is 1. The van der Waals surface area contributed by atoms with Crippen molar-refractivity contribution in [2.24, 2.45) is 5.92 Å². The lowest BCUT2D eigenvalue weighted by Crippen LogP contribution is -2.42. The average molecular weight is 472 g/mol. The van der Waals surface area contributed by atoms with E-state index in [4.69, 9.17) is 4.74 Å². The Labute approximate surface area is 203 Å². The van der Waals surface area contributed by atoms with Crippen LogP contribution in [0.4, 0.5) is 5.69 Å². The number of aromatic amines is 1. The first-order chi connectivity index (χ1) is 17.0. The van der Waals surface area contributed by atoms with Crippen molar-refractivity contribution < 1.29 is 14.3 Å². The number of carbonyl (C=O) groups is 2. The molecule has 1 aliphatic rings. The molecular formula is C27H29N5O3. The summed E-state index contributed by atoms with van der Waals surface area (Å²) in [5, 5.41) is 8.32. The van der Waals surface area contributed by atoms with E-state index in [9.17, 15) is 9.59 Å². The molecule has 0 bridgehead atoms. The molecule has 8 nitrogen and oxygen atoms in total. The molecule has 2 N–H and O–H groups in total. The number of methoxy groups -OCH3 is 1. The van der Waals surface area contributed by atoms with Gasteiger partial charge in [0.2, 0.25) is 5.91 Å². The largest absolute Gasteiger partial charge is 0.375 e. The number of benzene rings is 2. The summed E-state index contributed by atoms with van der Waals surface area (Å²) in [6.45, 7) is 4.95. The van der Waals surface area contributed by atoms with Crippen LogP contribution in [0.5, 0.6) is 0 Å². The van der Waals surface area contributed by atoms with Gasteiger partial charge in [0.05, 0.1) is 29.8 Å². The Bertz CT molecular complexity index is 1390. The summed E-state index contributed by atoms with van der Waals surface area (Å²) in [6, 6.07) is 15.7. The molecular weight excluding hydrogens is 442 g/mol. The highest BCUT2D eigenvalue weighted by Crippen LogP contribution is 2.39. The third-order valence-electron chi connectivity index (χ3n) is 6.47. The number of nitrogens with zero attached hydrogens (tertiary/aromatic N) is 3. The first kappa shape index (κ1) is 22.9. The number of rotatable bonds is 6. The average Bonchev–Trinajstić information content (AvgIpc) is 3.47. The van der Waals surface area contributed by atoms with Gasteiger partial charge in [0.15, 0.2) is 0 Å². The van der Waals surface area contributed by atoms with Gasteiger partial charge in [-0.3, -0.25) is 9.59 Å². The fraction of sp³-hybridized carbons (Fsp3) is 0.296. The number of para-hydroxylation sites is 1. The maximum Gasteiger partial charge on any atom is 0.254 e. The summed E-state index contributed by atoms with van der Waals surface area (Å²) in [6.07, 6.45) is 4.10. The maximum atomic E-state index is 13.8. The molecule has 1 unspecified atom stereocenters. The monoisotopic (exact) mass is 471 g/mol. The van der Waals surface area contributed by atoms with Crippen molar-refractivity contribution in [3.05, 3.63) is 77.7 Å². The molecule has 2 aromatic heterocycles. The van der Waals surface area contributed by atoms with Crippen LogP contribution in [-0.2, 0) is 16.0 Å². The number of hydrogen-bond donors (Lipinski definition) is 2. The zero-order chi connectivity index (χ0) is 24.5. The van der Waals surface area contributed by atoms with Gasteiger partial charge in [-0.15, -0.1) is 0 Å². The number of hydrogen-bond acceptors (Lipinski definition) is 4. The first-order valence-corrected chi connectivity index (χ1v) is 11.8. The number of fused-ring (bicyclic) bond motifs is 3. The smallest absolute Gasteiger partial charge is 0.254 e. The van der Waals surface area contributed by atoms with Gasteiger partial charge in [0.1, 0.15) is 6.61 Å². The fourth-order valence-electron chi connectivity index (χ4n) is 4.99. The third-order valence-corrected chi connectivity index (χ3v) is 6.47. The SMILES string of the molecule is COCC(=O)Nc1cnn(-c2cccc(C(=O)N3CCc4c([nH]c5ccccc45)C3C(C)C)c2)c1. The van der Waals surface area contributed by atoms with E-state index < -0.39 is 0 Å². The number of carbonyl (C=O) groups excluding carboxylic acids is 2. The highest BCUT2D eigenvalue weighted by molar-refractivity contribution is 5.96. The van der Waals surface area contributed by atoms with Crippen LogP contribution in [0.25, 0.3) is 16.6 Å². The second kappa shape index (κ2) is 9.38. The first-order valence-electron chi connectivity index (χ1n) is 11.8. The van der Waals surface area contributed by atoms with E-state index in [0.717, 1.165) is 23.3 Å². The normalized spacial score (nSPS) is 15.4. The lowest BCUT2D eigenvalue weighted by Gasteiger charge is -2.38. The Morgan fingerprint density at radius 1 is 1.20 bits per heavy atom. The maximum absolute atomic E-state index is 13.8. The molecule has 2 amide bonds. The lowest BCUT2D eigenvalue weighted by atomic mass is 9.89. The quantitative estimate of drug-likeness (QED) is 0.438. The van der Waals surface area contributed by atoms with Gasteiger partial charge < -0.3 is 19.9 Å². The van der Waals surface area contributed by atoms with E-state index in [1.165, 1.54) is 18.1 Å². The third kappa shape index (κ3) is 4.33. The van der Waals surface area contributed by atoms with Crippen LogP contribution in [-0.4, -0.2) is 51.7 Å². The molecule has 4 aromatic rings. The van der Waals surface area contributed by atoms with Gasteiger partial charge in [-0.25, -0.2) is 4.68 Å². The Morgan fingerprint density at radius 2 is 2.03 bits per heavy atom. The van der Waals surface area contributed by atoms with Gasteiger partial charge in [0, 0.05) is 35.8 Å². The topological polar surface area (TPSA) is 92.2 Å². The molecule has 0 radical (unpaired) electrons. The van der Waals surface area contributed by atoms with Crippen molar-refractivity contribution in [3.8, 4) is 5.69 Å². The van der Waals surface area contributed by atoms with Crippen molar-refractivity contribution in [3.63, 3.8) is 0 Å². The van der Waals surface area contributed by atoms with E-state index >= 15 is 0 Å². The predicted molar refractivity (Wildman–Crippen MR) is 135 cm³/mol. The summed E-state index contributed by atoms with van der Waals surface area (Å²) in [4.78, 5) is 31.1. The van der Waals surface area contributed by atoms with E-state index in [2.05, 4.69) is 47.4 Å². The van der Waals surface area contributed by atoms with Crippen molar-refractivity contribution >= 4 is 28.4 Å². The second-order valence-electron chi connectivity index (χ2n) is 9.21. The number of ether oxygens (including phenoxy) is 1.